The van der Waals surface area contributed by atoms with Crippen LogP contribution in [0.1, 0.15) is 17.0 Å². The topological polar surface area (TPSA) is 113 Å². The van der Waals surface area contributed by atoms with E-state index in [1.165, 1.54) is 4.80 Å². The lowest BCUT2D eigenvalue weighted by molar-refractivity contribution is 0.294. The maximum atomic E-state index is 11.5. The third-order valence-corrected chi connectivity index (χ3v) is 3.85. The summed E-state index contributed by atoms with van der Waals surface area (Å²) in [6, 6.07) is 3.23. The van der Waals surface area contributed by atoms with Gasteiger partial charge < -0.3 is 4.74 Å². The van der Waals surface area contributed by atoms with Crippen molar-refractivity contribution in [2.75, 3.05) is 0 Å². The quantitative estimate of drug-likeness (QED) is 0.853. The fourth-order valence-electron chi connectivity index (χ4n) is 1.97. The number of primary sulfonamides is 1. The molecular weight excluding hydrogens is 282 g/mol. The SMILES string of the molecule is Cc1cc(OCc2nnn(C)n2)cc(C)c1S(N)(=O)=O. The third-order valence-electron chi connectivity index (χ3n) is 2.64. The van der Waals surface area contributed by atoms with Crippen LogP contribution in [-0.4, -0.2) is 28.6 Å². The van der Waals surface area contributed by atoms with Crippen LogP contribution in [0.4, 0.5) is 0 Å². The van der Waals surface area contributed by atoms with E-state index in [9.17, 15) is 8.42 Å². The fraction of sp³-hybridized carbons (Fsp3) is 0.364. The lowest BCUT2D eigenvalue weighted by Crippen LogP contribution is -2.15. The molecule has 0 aliphatic carbocycles. The van der Waals surface area contributed by atoms with Crippen LogP contribution in [0.15, 0.2) is 17.0 Å². The second kappa shape index (κ2) is 5.17. The van der Waals surface area contributed by atoms with E-state index in [1.807, 2.05) is 0 Å². The van der Waals surface area contributed by atoms with Crippen LogP contribution in [0.2, 0.25) is 0 Å². The van der Waals surface area contributed by atoms with E-state index in [0.717, 1.165) is 0 Å². The van der Waals surface area contributed by atoms with E-state index in [0.29, 0.717) is 22.7 Å². The number of aryl methyl sites for hydroxylation is 3. The summed E-state index contributed by atoms with van der Waals surface area (Å²) >= 11 is 0. The Bertz CT molecular complexity index is 715. The minimum Gasteiger partial charge on any atom is -0.485 e. The molecule has 0 unspecified atom stereocenters. The van der Waals surface area contributed by atoms with Gasteiger partial charge in [0.05, 0.1) is 11.9 Å². The zero-order valence-electron chi connectivity index (χ0n) is 11.4. The first-order chi connectivity index (χ1) is 9.27. The molecule has 0 amide bonds. The van der Waals surface area contributed by atoms with Crippen LogP contribution in [0.3, 0.4) is 0 Å². The third kappa shape index (κ3) is 3.11. The van der Waals surface area contributed by atoms with Gasteiger partial charge in [0.2, 0.25) is 15.8 Å². The van der Waals surface area contributed by atoms with Crippen molar-refractivity contribution in [2.24, 2.45) is 12.2 Å². The lowest BCUT2D eigenvalue weighted by Gasteiger charge is -2.11. The molecule has 0 saturated carbocycles. The van der Waals surface area contributed by atoms with Gasteiger partial charge in [-0.2, -0.15) is 4.80 Å². The van der Waals surface area contributed by atoms with Crippen LogP contribution in [0.25, 0.3) is 0 Å². The highest BCUT2D eigenvalue weighted by Gasteiger charge is 2.16. The van der Waals surface area contributed by atoms with Crippen molar-refractivity contribution >= 4 is 10.0 Å². The van der Waals surface area contributed by atoms with Crippen LogP contribution in [-0.2, 0) is 23.7 Å². The molecule has 9 heteroatoms. The van der Waals surface area contributed by atoms with Crippen molar-refractivity contribution in [3.05, 3.63) is 29.1 Å². The number of hydrogen-bond acceptors (Lipinski definition) is 6. The number of rotatable bonds is 4. The van der Waals surface area contributed by atoms with Gasteiger partial charge in [-0.25, -0.2) is 13.6 Å². The molecule has 8 nitrogen and oxygen atoms in total. The molecule has 0 spiro atoms. The van der Waals surface area contributed by atoms with Gasteiger partial charge in [0.15, 0.2) is 6.61 Å². The van der Waals surface area contributed by atoms with Gasteiger partial charge in [-0.05, 0) is 42.3 Å². The number of ether oxygens (including phenoxy) is 1. The number of sulfonamides is 1. The van der Waals surface area contributed by atoms with E-state index in [1.54, 1.807) is 33.0 Å². The molecule has 0 aliphatic heterocycles. The predicted molar refractivity (Wildman–Crippen MR) is 70.4 cm³/mol. The normalized spacial score (nSPS) is 11.6. The first-order valence-corrected chi connectivity index (χ1v) is 7.31. The molecule has 20 heavy (non-hydrogen) atoms. The summed E-state index contributed by atoms with van der Waals surface area (Å²) in [6.07, 6.45) is 0. The predicted octanol–water partition coefficient (Wildman–Crippen LogP) is 0.0533. The molecule has 108 valence electrons. The smallest absolute Gasteiger partial charge is 0.238 e. The maximum Gasteiger partial charge on any atom is 0.238 e. The minimum atomic E-state index is -3.74. The monoisotopic (exact) mass is 297 g/mol. The van der Waals surface area contributed by atoms with Gasteiger partial charge in [-0.3, -0.25) is 0 Å². The first-order valence-electron chi connectivity index (χ1n) is 5.77. The molecule has 0 bridgehead atoms. The summed E-state index contributed by atoms with van der Waals surface area (Å²) in [5.41, 5.74) is 1.07. The van der Waals surface area contributed by atoms with Crippen molar-refractivity contribution in [1.82, 2.24) is 20.2 Å². The highest BCUT2D eigenvalue weighted by molar-refractivity contribution is 7.89. The van der Waals surface area contributed by atoms with Crippen molar-refractivity contribution in [1.29, 1.82) is 0 Å². The van der Waals surface area contributed by atoms with Gasteiger partial charge >= 0.3 is 0 Å². The van der Waals surface area contributed by atoms with Crippen LogP contribution in [0.5, 0.6) is 5.75 Å². The Morgan fingerprint density at radius 1 is 1.30 bits per heavy atom. The summed E-state index contributed by atoms with van der Waals surface area (Å²) < 4.78 is 28.5. The van der Waals surface area contributed by atoms with Gasteiger partial charge in [-0.1, -0.05) is 0 Å². The summed E-state index contributed by atoms with van der Waals surface area (Å²) in [7, 11) is -2.08. The number of aromatic nitrogens is 4. The Hall–Kier alpha value is -2.00. The Kier molecular flexibility index (Phi) is 3.73. The first kappa shape index (κ1) is 14.4. The summed E-state index contributed by atoms with van der Waals surface area (Å²) in [5, 5.41) is 16.6. The minimum absolute atomic E-state index is 0.127. The Labute approximate surface area is 116 Å². The van der Waals surface area contributed by atoms with Gasteiger partial charge in [0, 0.05) is 0 Å². The van der Waals surface area contributed by atoms with E-state index in [2.05, 4.69) is 15.4 Å². The van der Waals surface area contributed by atoms with E-state index in [4.69, 9.17) is 9.88 Å². The largest absolute Gasteiger partial charge is 0.485 e. The number of nitrogens with two attached hydrogens (primary N) is 1. The number of nitrogens with zero attached hydrogens (tertiary/aromatic N) is 4. The lowest BCUT2D eigenvalue weighted by atomic mass is 10.1. The Morgan fingerprint density at radius 3 is 2.35 bits per heavy atom. The molecule has 2 rings (SSSR count). The fourth-order valence-corrected chi connectivity index (χ4v) is 2.99. The second-order valence-electron chi connectivity index (χ2n) is 4.41. The molecule has 0 aliphatic rings. The highest BCUT2D eigenvalue weighted by Crippen LogP contribution is 2.25. The van der Waals surface area contributed by atoms with Crippen molar-refractivity contribution in [2.45, 2.75) is 25.3 Å². The number of hydrogen-bond donors (Lipinski definition) is 1. The molecule has 0 fully saturated rings. The second-order valence-corrected chi connectivity index (χ2v) is 5.91. The summed E-state index contributed by atoms with van der Waals surface area (Å²) in [6.45, 7) is 3.49. The van der Waals surface area contributed by atoms with Gasteiger partial charge in [0.25, 0.3) is 0 Å². The molecule has 0 saturated heterocycles. The number of benzene rings is 1. The summed E-state index contributed by atoms with van der Waals surface area (Å²) in [4.78, 5) is 1.46. The van der Waals surface area contributed by atoms with E-state index < -0.39 is 10.0 Å². The molecule has 1 heterocycles. The van der Waals surface area contributed by atoms with Crippen molar-refractivity contribution in [3.63, 3.8) is 0 Å². The maximum absolute atomic E-state index is 11.5. The highest BCUT2D eigenvalue weighted by atomic mass is 32.2. The molecule has 1 aromatic carbocycles. The molecular formula is C11H15N5O3S. The number of tetrazole rings is 1. The average Bonchev–Trinajstić information content (AvgIpc) is 2.69. The standard InChI is InChI=1S/C11H15N5O3S/c1-7-4-9(5-8(2)11(7)20(12,17)18)19-6-10-13-15-16(3)14-10/h4-5H,6H2,1-3H3,(H2,12,17,18). The Morgan fingerprint density at radius 2 is 1.90 bits per heavy atom. The molecule has 1 aromatic heterocycles. The van der Waals surface area contributed by atoms with Crippen LogP contribution < -0.4 is 9.88 Å². The molecule has 0 atom stereocenters. The van der Waals surface area contributed by atoms with E-state index in [-0.39, 0.29) is 11.5 Å². The molecule has 2 aromatic rings. The van der Waals surface area contributed by atoms with Crippen molar-refractivity contribution < 1.29 is 13.2 Å². The molecule has 2 N–H and O–H groups in total. The average molecular weight is 297 g/mol. The summed E-state index contributed by atoms with van der Waals surface area (Å²) in [5.74, 6) is 0.971. The van der Waals surface area contributed by atoms with Crippen LogP contribution >= 0.6 is 0 Å². The molecule has 0 radical (unpaired) electrons. The Balaban J connectivity index is 2.23. The van der Waals surface area contributed by atoms with Crippen LogP contribution in [0, 0.1) is 13.8 Å². The van der Waals surface area contributed by atoms with E-state index >= 15 is 0 Å². The zero-order chi connectivity index (χ0) is 14.9. The zero-order valence-corrected chi connectivity index (χ0v) is 12.2. The van der Waals surface area contributed by atoms with Crippen molar-refractivity contribution in [3.8, 4) is 5.75 Å². The van der Waals surface area contributed by atoms with Gasteiger partial charge in [-0.15, -0.1) is 10.2 Å². The van der Waals surface area contributed by atoms with Gasteiger partial charge in [0.1, 0.15) is 5.75 Å².